The van der Waals surface area contributed by atoms with Gasteiger partial charge in [0.15, 0.2) is 0 Å². The Kier molecular flexibility index (Phi) is 3.86. The molecule has 0 aromatic carbocycles. The van der Waals surface area contributed by atoms with E-state index >= 15 is 0 Å². The molecule has 1 aliphatic carbocycles. The van der Waals surface area contributed by atoms with Gasteiger partial charge in [-0.05, 0) is 25.7 Å². The molecule has 0 spiro atoms. The predicted molar refractivity (Wildman–Crippen MR) is 78.3 cm³/mol. The Morgan fingerprint density at radius 1 is 1.25 bits per heavy atom. The van der Waals surface area contributed by atoms with Gasteiger partial charge in [0.05, 0.1) is 6.61 Å². The molecule has 1 aliphatic heterocycles. The van der Waals surface area contributed by atoms with Crippen LogP contribution in [0.1, 0.15) is 25.7 Å². The van der Waals surface area contributed by atoms with Crippen LogP contribution in [0, 0.1) is 0 Å². The minimum absolute atomic E-state index is 0.121. The molecule has 1 saturated carbocycles. The van der Waals surface area contributed by atoms with Gasteiger partial charge in [-0.2, -0.15) is 15.0 Å². The number of rotatable bonds is 6. The first-order valence-electron chi connectivity index (χ1n) is 7.38. The molecule has 1 saturated heterocycles. The van der Waals surface area contributed by atoms with E-state index in [2.05, 4.69) is 30.1 Å². The molecule has 2 aliphatic rings. The van der Waals surface area contributed by atoms with E-state index in [9.17, 15) is 5.11 Å². The third-order valence-corrected chi connectivity index (χ3v) is 3.81. The highest BCUT2D eigenvalue weighted by Gasteiger charge is 2.31. The van der Waals surface area contributed by atoms with E-state index in [1.165, 1.54) is 12.8 Å². The average molecular weight is 278 g/mol. The van der Waals surface area contributed by atoms with Gasteiger partial charge in [0.2, 0.25) is 17.8 Å². The molecule has 0 amide bonds. The Bertz CT molecular complexity index is 458. The number of aromatic nitrogens is 3. The summed E-state index contributed by atoms with van der Waals surface area (Å²) in [5.41, 5.74) is 0. The van der Waals surface area contributed by atoms with Gasteiger partial charge in [-0.1, -0.05) is 0 Å². The largest absolute Gasteiger partial charge is 0.395 e. The van der Waals surface area contributed by atoms with Gasteiger partial charge < -0.3 is 20.2 Å². The van der Waals surface area contributed by atoms with Gasteiger partial charge in [0, 0.05) is 32.7 Å². The maximum atomic E-state index is 9.24. The second kappa shape index (κ2) is 5.78. The Morgan fingerprint density at radius 2 is 2.00 bits per heavy atom. The van der Waals surface area contributed by atoms with Crippen molar-refractivity contribution in [2.24, 2.45) is 0 Å². The summed E-state index contributed by atoms with van der Waals surface area (Å²) in [7, 11) is 1.82. The van der Waals surface area contributed by atoms with Crippen LogP contribution in [-0.4, -0.2) is 59.4 Å². The molecule has 3 rings (SSSR count). The van der Waals surface area contributed by atoms with E-state index in [1.807, 2.05) is 7.05 Å². The van der Waals surface area contributed by atoms with Crippen LogP contribution in [0.4, 0.5) is 17.8 Å². The van der Waals surface area contributed by atoms with Crippen LogP contribution in [0.2, 0.25) is 0 Å². The number of hydrogen-bond donors (Lipinski definition) is 2. The molecule has 20 heavy (non-hydrogen) atoms. The van der Waals surface area contributed by atoms with Gasteiger partial charge in [-0.25, -0.2) is 0 Å². The van der Waals surface area contributed by atoms with Crippen molar-refractivity contribution in [3.63, 3.8) is 0 Å². The zero-order valence-corrected chi connectivity index (χ0v) is 11.9. The minimum atomic E-state index is 0.121. The van der Waals surface area contributed by atoms with Crippen molar-refractivity contribution >= 4 is 17.8 Å². The van der Waals surface area contributed by atoms with E-state index in [1.54, 1.807) is 0 Å². The molecule has 1 aromatic rings. The molecule has 1 aromatic heterocycles. The first kappa shape index (κ1) is 13.4. The number of hydrogen-bond acceptors (Lipinski definition) is 7. The fourth-order valence-electron chi connectivity index (χ4n) is 2.59. The standard InChI is InChI=1S/C13H22N6O/c1-14-11-15-12(18-6-2-3-7-18)17-13(16-11)19(8-9-20)10-4-5-10/h10,20H,2-9H2,1H3,(H,14,15,16,17). The van der Waals surface area contributed by atoms with Crippen molar-refractivity contribution in [1.82, 2.24) is 15.0 Å². The number of nitrogens with zero attached hydrogens (tertiary/aromatic N) is 5. The summed E-state index contributed by atoms with van der Waals surface area (Å²) in [6.07, 6.45) is 4.69. The second-order valence-corrected chi connectivity index (χ2v) is 5.35. The molecule has 0 atom stereocenters. The van der Waals surface area contributed by atoms with Crippen molar-refractivity contribution in [2.45, 2.75) is 31.7 Å². The van der Waals surface area contributed by atoms with Crippen LogP contribution in [0.25, 0.3) is 0 Å². The molecule has 2 fully saturated rings. The summed E-state index contributed by atoms with van der Waals surface area (Å²) in [4.78, 5) is 17.8. The van der Waals surface area contributed by atoms with Gasteiger partial charge in [-0.3, -0.25) is 0 Å². The quantitative estimate of drug-likeness (QED) is 0.783. The van der Waals surface area contributed by atoms with E-state index in [-0.39, 0.29) is 6.61 Å². The van der Waals surface area contributed by atoms with Crippen LogP contribution < -0.4 is 15.1 Å². The normalized spacial score (nSPS) is 18.4. The Morgan fingerprint density at radius 3 is 2.60 bits per heavy atom. The number of nitrogens with one attached hydrogen (secondary N) is 1. The highest BCUT2D eigenvalue weighted by molar-refractivity contribution is 5.46. The van der Waals surface area contributed by atoms with Crippen molar-refractivity contribution in [3.8, 4) is 0 Å². The molecular weight excluding hydrogens is 256 g/mol. The first-order valence-corrected chi connectivity index (χ1v) is 7.38. The smallest absolute Gasteiger partial charge is 0.232 e. The molecule has 2 heterocycles. The third kappa shape index (κ3) is 2.77. The van der Waals surface area contributed by atoms with Gasteiger partial charge >= 0.3 is 0 Å². The lowest BCUT2D eigenvalue weighted by molar-refractivity contribution is 0.300. The van der Waals surface area contributed by atoms with Crippen molar-refractivity contribution in [3.05, 3.63) is 0 Å². The lowest BCUT2D eigenvalue weighted by atomic mass is 10.4. The Hall–Kier alpha value is -1.63. The first-order chi connectivity index (χ1) is 9.81. The average Bonchev–Trinajstić information content (AvgIpc) is 3.17. The highest BCUT2D eigenvalue weighted by atomic mass is 16.3. The van der Waals surface area contributed by atoms with E-state index < -0.39 is 0 Å². The zero-order chi connectivity index (χ0) is 13.9. The number of aliphatic hydroxyl groups excluding tert-OH is 1. The van der Waals surface area contributed by atoms with Crippen LogP contribution >= 0.6 is 0 Å². The molecular formula is C13H22N6O. The van der Waals surface area contributed by atoms with Crippen molar-refractivity contribution in [2.75, 3.05) is 48.4 Å². The number of anilines is 3. The van der Waals surface area contributed by atoms with E-state index in [0.717, 1.165) is 31.9 Å². The summed E-state index contributed by atoms with van der Waals surface area (Å²) < 4.78 is 0. The molecule has 7 heteroatoms. The zero-order valence-electron chi connectivity index (χ0n) is 11.9. The third-order valence-electron chi connectivity index (χ3n) is 3.81. The van der Waals surface area contributed by atoms with Gasteiger partial charge in [-0.15, -0.1) is 0 Å². The number of aliphatic hydroxyl groups is 1. The van der Waals surface area contributed by atoms with Gasteiger partial charge in [0.1, 0.15) is 0 Å². The second-order valence-electron chi connectivity index (χ2n) is 5.35. The summed E-state index contributed by atoms with van der Waals surface area (Å²) in [5, 5.41) is 12.3. The molecule has 0 unspecified atom stereocenters. The summed E-state index contributed by atoms with van der Waals surface area (Å²) in [6, 6.07) is 0.473. The lowest BCUT2D eigenvalue weighted by Crippen LogP contribution is -2.32. The van der Waals surface area contributed by atoms with E-state index in [0.29, 0.717) is 24.5 Å². The fourth-order valence-corrected chi connectivity index (χ4v) is 2.59. The fraction of sp³-hybridized carbons (Fsp3) is 0.769. The maximum absolute atomic E-state index is 9.24. The SMILES string of the molecule is CNc1nc(N2CCCC2)nc(N(CCO)C2CC2)n1. The molecule has 2 N–H and O–H groups in total. The lowest BCUT2D eigenvalue weighted by Gasteiger charge is -2.23. The van der Waals surface area contributed by atoms with Crippen LogP contribution in [0.5, 0.6) is 0 Å². The molecule has 0 bridgehead atoms. The van der Waals surface area contributed by atoms with Crippen molar-refractivity contribution < 1.29 is 5.11 Å². The topological polar surface area (TPSA) is 77.4 Å². The predicted octanol–water partition coefficient (Wildman–Crippen LogP) is 0.475. The van der Waals surface area contributed by atoms with E-state index in [4.69, 9.17) is 0 Å². The van der Waals surface area contributed by atoms with Crippen LogP contribution in [-0.2, 0) is 0 Å². The van der Waals surface area contributed by atoms with Crippen LogP contribution in [0.3, 0.4) is 0 Å². The summed E-state index contributed by atoms with van der Waals surface area (Å²) in [5.74, 6) is 2.03. The summed E-state index contributed by atoms with van der Waals surface area (Å²) in [6.45, 7) is 2.72. The van der Waals surface area contributed by atoms with Gasteiger partial charge in [0.25, 0.3) is 0 Å². The molecule has 7 nitrogen and oxygen atoms in total. The molecule has 110 valence electrons. The highest BCUT2D eigenvalue weighted by Crippen LogP contribution is 2.30. The van der Waals surface area contributed by atoms with Crippen LogP contribution in [0.15, 0.2) is 0 Å². The van der Waals surface area contributed by atoms with Crippen molar-refractivity contribution in [1.29, 1.82) is 0 Å². The monoisotopic (exact) mass is 278 g/mol. The Balaban J connectivity index is 1.89. The molecule has 0 radical (unpaired) electrons. The summed E-state index contributed by atoms with van der Waals surface area (Å²) >= 11 is 0. The Labute approximate surface area is 119 Å². The minimum Gasteiger partial charge on any atom is -0.395 e. The maximum Gasteiger partial charge on any atom is 0.232 e.